The summed E-state index contributed by atoms with van der Waals surface area (Å²) in [6.07, 6.45) is -5.42. The van der Waals surface area contributed by atoms with Crippen molar-refractivity contribution < 1.29 is 26.3 Å². The highest BCUT2D eigenvalue weighted by molar-refractivity contribution is 6.18. The normalized spacial score (nSPS) is 12.3. The molecule has 0 amide bonds. The van der Waals surface area contributed by atoms with Crippen molar-refractivity contribution in [3.63, 3.8) is 0 Å². The molecule has 0 N–H and O–H groups in total. The number of aromatic nitrogens is 2. The van der Waals surface area contributed by atoms with Gasteiger partial charge in [0.1, 0.15) is 22.9 Å². The zero-order chi connectivity index (χ0) is 25.5. The molecular weight excluding hydrogens is 480 g/mol. The van der Waals surface area contributed by atoms with E-state index >= 15 is 4.39 Å². The van der Waals surface area contributed by atoms with Crippen LogP contribution in [-0.2, 0) is 13.2 Å². The lowest BCUT2D eigenvalue weighted by Crippen LogP contribution is -2.18. The fourth-order valence-corrected chi connectivity index (χ4v) is 5.08. The van der Waals surface area contributed by atoms with Crippen LogP contribution in [0.1, 0.15) is 11.1 Å². The molecule has 36 heavy (non-hydrogen) atoms. The summed E-state index contributed by atoms with van der Waals surface area (Å²) in [7, 11) is 1.85. The fourth-order valence-electron chi connectivity index (χ4n) is 5.08. The number of fused-ring (bicyclic) bond motifs is 6. The quantitative estimate of drug-likeness (QED) is 0.170. The third kappa shape index (κ3) is 2.75. The van der Waals surface area contributed by atoms with Crippen LogP contribution < -0.4 is 0 Å². The summed E-state index contributed by atoms with van der Waals surface area (Å²) in [5.74, 6) is -6.09. The van der Waals surface area contributed by atoms with E-state index in [-0.39, 0.29) is 11.0 Å². The molecule has 9 heteroatoms. The highest BCUT2D eigenvalue weighted by Crippen LogP contribution is 2.44. The molecule has 0 radical (unpaired) electrons. The molecule has 6 rings (SSSR count). The number of halogens is 6. The first-order valence-corrected chi connectivity index (χ1v) is 10.7. The third-order valence-corrected chi connectivity index (χ3v) is 6.62. The Morgan fingerprint density at radius 2 is 1.25 bits per heavy atom. The number of hydrogen-bond donors (Lipinski definition) is 0. The van der Waals surface area contributed by atoms with Crippen LogP contribution in [-0.4, -0.2) is 9.13 Å². The maximum absolute atomic E-state index is 15.4. The fraction of sp³-hybridized carbons (Fsp3) is 0.0741. The Morgan fingerprint density at radius 3 is 1.89 bits per heavy atom. The number of para-hydroxylation sites is 2. The molecule has 0 saturated heterocycles. The van der Waals surface area contributed by atoms with E-state index in [1.54, 1.807) is 24.3 Å². The van der Waals surface area contributed by atoms with E-state index in [0.717, 1.165) is 27.1 Å². The molecule has 178 valence electrons. The summed E-state index contributed by atoms with van der Waals surface area (Å²) in [5, 5.41) is 11.5. The van der Waals surface area contributed by atoms with Gasteiger partial charge in [0, 0.05) is 39.6 Å². The Morgan fingerprint density at radius 1 is 0.694 bits per heavy atom. The van der Waals surface area contributed by atoms with Crippen molar-refractivity contribution in [2.45, 2.75) is 6.18 Å². The number of hydrogen-bond acceptors (Lipinski definition) is 1. The summed E-state index contributed by atoms with van der Waals surface area (Å²) < 4.78 is 90.3. The maximum atomic E-state index is 15.4. The standard InChI is InChI=1S/C27H13F6N3/c1-35-18-8-4-2-6-13(18)15-11-21-16(10-20(15)35)14-7-3-5-9-19(14)36(21)26-22(27(31,32)33)23(28)17(12-34)24(29)25(26)30/h2-11H,1H3. The van der Waals surface area contributed by atoms with E-state index in [9.17, 15) is 22.0 Å². The number of nitrogens with zero attached hydrogens (tertiary/aromatic N) is 3. The van der Waals surface area contributed by atoms with Gasteiger partial charge in [-0.05, 0) is 24.3 Å². The molecule has 6 aromatic rings. The van der Waals surface area contributed by atoms with Crippen LogP contribution in [0.4, 0.5) is 26.3 Å². The van der Waals surface area contributed by atoms with Crippen molar-refractivity contribution in [1.82, 2.24) is 9.13 Å². The van der Waals surface area contributed by atoms with Gasteiger partial charge in [-0.25, -0.2) is 13.2 Å². The van der Waals surface area contributed by atoms with E-state index in [0.29, 0.717) is 16.2 Å². The molecule has 0 spiro atoms. The average molecular weight is 493 g/mol. The molecule has 2 aromatic heterocycles. The topological polar surface area (TPSA) is 33.6 Å². The minimum absolute atomic E-state index is 0.125. The summed E-state index contributed by atoms with van der Waals surface area (Å²) in [6, 6.07) is 18.1. The third-order valence-electron chi connectivity index (χ3n) is 6.62. The molecule has 4 aromatic carbocycles. The molecule has 3 nitrogen and oxygen atoms in total. The van der Waals surface area contributed by atoms with Crippen molar-refractivity contribution >= 4 is 43.6 Å². The molecule has 0 atom stereocenters. The lowest BCUT2D eigenvalue weighted by Gasteiger charge is -2.19. The lowest BCUT2D eigenvalue weighted by atomic mass is 10.0. The van der Waals surface area contributed by atoms with E-state index in [4.69, 9.17) is 5.26 Å². The van der Waals surface area contributed by atoms with Gasteiger partial charge < -0.3 is 9.13 Å². The first-order chi connectivity index (χ1) is 17.1. The Balaban J connectivity index is 1.89. The Kier molecular flexibility index (Phi) is 4.45. The van der Waals surface area contributed by atoms with Gasteiger partial charge in [-0.15, -0.1) is 0 Å². The van der Waals surface area contributed by atoms with Gasteiger partial charge in [0.25, 0.3) is 0 Å². The van der Waals surface area contributed by atoms with Crippen LogP contribution in [0.3, 0.4) is 0 Å². The first-order valence-electron chi connectivity index (χ1n) is 10.7. The van der Waals surface area contributed by atoms with E-state index in [1.165, 1.54) is 12.1 Å². The second-order valence-corrected chi connectivity index (χ2v) is 8.47. The Bertz CT molecular complexity index is 1940. The summed E-state index contributed by atoms with van der Waals surface area (Å²) in [6.45, 7) is 0. The van der Waals surface area contributed by atoms with Crippen LogP contribution in [0.5, 0.6) is 0 Å². The number of alkyl halides is 3. The summed E-state index contributed by atoms with van der Waals surface area (Å²) in [5.41, 5.74) is -3.09. The van der Waals surface area contributed by atoms with Crippen LogP contribution in [0, 0.1) is 28.8 Å². The second kappa shape index (κ2) is 7.28. The molecule has 0 aliphatic heterocycles. The van der Waals surface area contributed by atoms with Gasteiger partial charge in [-0.3, -0.25) is 0 Å². The molecule has 0 aliphatic rings. The Hall–Kier alpha value is -4.45. The van der Waals surface area contributed by atoms with E-state index in [2.05, 4.69) is 0 Å². The van der Waals surface area contributed by atoms with Crippen molar-refractivity contribution in [1.29, 1.82) is 5.26 Å². The molecule has 2 heterocycles. The zero-order valence-corrected chi connectivity index (χ0v) is 18.4. The minimum atomic E-state index is -5.42. The second-order valence-electron chi connectivity index (χ2n) is 8.47. The number of nitriles is 1. The summed E-state index contributed by atoms with van der Waals surface area (Å²) in [4.78, 5) is 0. The molecule has 0 aliphatic carbocycles. The molecule has 0 unspecified atom stereocenters. The highest BCUT2D eigenvalue weighted by atomic mass is 19.4. The number of rotatable bonds is 1. The van der Waals surface area contributed by atoms with E-state index in [1.807, 2.05) is 35.9 Å². The smallest absolute Gasteiger partial charge is 0.344 e. The lowest BCUT2D eigenvalue weighted by molar-refractivity contribution is -0.140. The van der Waals surface area contributed by atoms with Crippen LogP contribution in [0.25, 0.3) is 49.3 Å². The van der Waals surface area contributed by atoms with Crippen molar-refractivity contribution in [2.75, 3.05) is 0 Å². The van der Waals surface area contributed by atoms with Gasteiger partial charge in [-0.1, -0.05) is 36.4 Å². The maximum Gasteiger partial charge on any atom is 0.421 e. The van der Waals surface area contributed by atoms with Crippen molar-refractivity contribution in [2.24, 2.45) is 7.05 Å². The predicted octanol–water partition coefficient (Wildman–Crippen LogP) is 7.74. The zero-order valence-electron chi connectivity index (χ0n) is 18.4. The molecular formula is C27H13F6N3. The monoisotopic (exact) mass is 493 g/mol. The van der Waals surface area contributed by atoms with Gasteiger partial charge in [0.15, 0.2) is 17.5 Å². The largest absolute Gasteiger partial charge is 0.421 e. The average Bonchev–Trinajstić information content (AvgIpc) is 3.32. The van der Waals surface area contributed by atoms with Gasteiger partial charge in [0.2, 0.25) is 0 Å². The van der Waals surface area contributed by atoms with Gasteiger partial charge in [0.05, 0.1) is 11.0 Å². The summed E-state index contributed by atoms with van der Waals surface area (Å²) >= 11 is 0. The number of aryl methyl sites for hydroxylation is 1. The van der Waals surface area contributed by atoms with Crippen LogP contribution in [0.15, 0.2) is 60.7 Å². The van der Waals surface area contributed by atoms with Gasteiger partial charge in [-0.2, -0.15) is 18.4 Å². The van der Waals surface area contributed by atoms with E-state index < -0.39 is 40.4 Å². The molecule has 0 fully saturated rings. The molecule has 0 saturated carbocycles. The van der Waals surface area contributed by atoms with Crippen LogP contribution in [0.2, 0.25) is 0 Å². The predicted molar refractivity (Wildman–Crippen MR) is 124 cm³/mol. The first kappa shape index (κ1) is 22.0. The number of benzene rings is 4. The van der Waals surface area contributed by atoms with Crippen molar-refractivity contribution in [3.8, 4) is 11.8 Å². The Labute approximate surface area is 199 Å². The van der Waals surface area contributed by atoms with Crippen molar-refractivity contribution in [3.05, 3.63) is 89.2 Å². The minimum Gasteiger partial charge on any atom is -0.344 e. The van der Waals surface area contributed by atoms with Gasteiger partial charge >= 0.3 is 6.18 Å². The SMILES string of the molecule is Cn1c2ccccc2c2cc3c(cc21)c1ccccc1n3-c1c(F)c(F)c(C#N)c(F)c1C(F)(F)F. The van der Waals surface area contributed by atoms with Crippen LogP contribution >= 0.6 is 0 Å². The highest BCUT2D eigenvalue weighted by Gasteiger charge is 2.43. The molecule has 0 bridgehead atoms.